The Bertz CT molecular complexity index is 392. The number of halogens is 1. The minimum absolute atomic E-state index is 0.0286. The molecule has 0 amide bonds. The molecule has 1 N–H and O–H groups in total. The van der Waals surface area contributed by atoms with E-state index < -0.39 is 0 Å². The molecule has 4 nitrogen and oxygen atoms in total. The molecule has 2 rings (SSSR count). The highest BCUT2D eigenvalue weighted by molar-refractivity contribution is 9.10. The first-order valence-corrected chi connectivity index (χ1v) is 6.29. The minimum atomic E-state index is 0.0286. The molecule has 1 aromatic carbocycles. The van der Waals surface area contributed by atoms with Gasteiger partial charge in [0.15, 0.2) is 0 Å². The van der Waals surface area contributed by atoms with Crippen LogP contribution in [0.15, 0.2) is 16.6 Å². The van der Waals surface area contributed by atoms with Gasteiger partial charge in [-0.25, -0.2) is 0 Å². The molecule has 0 spiro atoms. The second-order valence-corrected chi connectivity index (χ2v) is 4.65. The maximum absolute atomic E-state index is 5.73. The van der Waals surface area contributed by atoms with Gasteiger partial charge in [-0.15, -0.1) is 0 Å². The van der Waals surface area contributed by atoms with Gasteiger partial charge in [0.1, 0.15) is 11.5 Å². The van der Waals surface area contributed by atoms with Gasteiger partial charge in [0, 0.05) is 24.7 Å². The fraction of sp³-hybridized carbons (Fsp3) is 0.500. The second-order valence-electron chi connectivity index (χ2n) is 3.79. The highest BCUT2D eigenvalue weighted by Gasteiger charge is 2.21. The highest BCUT2D eigenvalue weighted by atomic mass is 79.9. The maximum atomic E-state index is 5.73. The Kier molecular flexibility index (Phi) is 4.25. The maximum Gasteiger partial charge on any atom is 0.136 e. The number of hydrogen-bond donors (Lipinski definition) is 1. The molecule has 1 heterocycles. The molecular weight excluding hydrogens is 286 g/mol. The molecule has 1 atom stereocenters. The van der Waals surface area contributed by atoms with Crippen LogP contribution in [0, 0.1) is 0 Å². The Morgan fingerprint density at radius 2 is 2.06 bits per heavy atom. The molecule has 0 radical (unpaired) electrons. The zero-order valence-electron chi connectivity index (χ0n) is 9.96. The topological polar surface area (TPSA) is 39.7 Å². The Labute approximate surface area is 109 Å². The molecule has 1 aromatic rings. The fourth-order valence-corrected chi connectivity index (χ4v) is 2.42. The van der Waals surface area contributed by atoms with Crippen LogP contribution in [0.1, 0.15) is 11.7 Å². The number of hydrogen-bond acceptors (Lipinski definition) is 4. The highest BCUT2D eigenvalue weighted by Crippen LogP contribution is 2.37. The molecule has 17 heavy (non-hydrogen) atoms. The normalized spacial score (nSPS) is 20.1. The molecule has 1 aliphatic rings. The van der Waals surface area contributed by atoms with Crippen LogP contribution in [-0.4, -0.2) is 33.9 Å². The second kappa shape index (κ2) is 5.71. The molecule has 1 unspecified atom stereocenters. The van der Waals surface area contributed by atoms with Gasteiger partial charge in [0.05, 0.1) is 31.4 Å². The molecule has 0 aromatic heterocycles. The Morgan fingerprint density at radius 3 is 2.65 bits per heavy atom. The lowest BCUT2D eigenvalue weighted by atomic mass is 10.1. The average molecular weight is 302 g/mol. The predicted molar refractivity (Wildman–Crippen MR) is 68.8 cm³/mol. The van der Waals surface area contributed by atoms with E-state index in [9.17, 15) is 0 Å². The van der Waals surface area contributed by atoms with Gasteiger partial charge in [-0.05, 0) is 22.0 Å². The smallest absolute Gasteiger partial charge is 0.136 e. The summed E-state index contributed by atoms with van der Waals surface area (Å²) < 4.78 is 17.3. The molecule has 0 bridgehead atoms. The summed E-state index contributed by atoms with van der Waals surface area (Å²) in [6.45, 7) is 2.42. The first-order valence-electron chi connectivity index (χ1n) is 5.50. The van der Waals surface area contributed by atoms with Crippen molar-refractivity contribution < 1.29 is 14.2 Å². The van der Waals surface area contributed by atoms with Crippen molar-refractivity contribution in [3.8, 4) is 11.5 Å². The van der Waals surface area contributed by atoms with E-state index in [1.54, 1.807) is 14.2 Å². The quantitative estimate of drug-likeness (QED) is 0.928. The Hall–Kier alpha value is -0.780. The molecule has 0 aliphatic carbocycles. The summed E-state index contributed by atoms with van der Waals surface area (Å²) in [5.74, 6) is 1.55. The summed E-state index contributed by atoms with van der Waals surface area (Å²) in [6, 6.07) is 3.87. The third-order valence-electron chi connectivity index (χ3n) is 2.78. The molecular formula is C12H16BrNO3. The number of nitrogens with one attached hydrogen (secondary N) is 1. The van der Waals surface area contributed by atoms with E-state index in [0.29, 0.717) is 0 Å². The van der Waals surface area contributed by atoms with E-state index in [1.165, 1.54) is 0 Å². The van der Waals surface area contributed by atoms with Crippen molar-refractivity contribution in [2.75, 3.05) is 33.9 Å². The van der Waals surface area contributed by atoms with Crippen molar-refractivity contribution in [2.24, 2.45) is 0 Å². The molecule has 0 saturated carbocycles. The summed E-state index contributed by atoms with van der Waals surface area (Å²) in [6.07, 6.45) is 0.0286. The van der Waals surface area contributed by atoms with Crippen molar-refractivity contribution in [3.63, 3.8) is 0 Å². The number of ether oxygens (including phenoxy) is 3. The fourth-order valence-electron chi connectivity index (χ4n) is 1.90. The number of morpholine rings is 1. The lowest BCUT2D eigenvalue weighted by Gasteiger charge is -2.25. The van der Waals surface area contributed by atoms with E-state index in [0.717, 1.165) is 41.2 Å². The van der Waals surface area contributed by atoms with Crippen LogP contribution in [0.4, 0.5) is 0 Å². The van der Waals surface area contributed by atoms with Crippen LogP contribution in [0.25, 0.3) is 0 Å². The number of rotatable bonds is 3. The number of methoxy groups -OCH3 is 2. The van der Waals surface area contributed by atoms with E-state index >= 15 is 0 Å². The van der Waals surface area contributed by atoms with Crippen LogP contribution >= 0.6 is 15.9 Å². The van der Waals surface area contributed by atoms with Crippen LogP contribution < -0.4 is 14.8 Å². The van der Waals surface area contributed by atoms with Gasteiger partial charge in [-0.1, -0.05) is 0 Å². The molecule has 1 fully saturated rings. The van der Waals surface area contributed by atoms with Gasteiger partial charge >= 0.3 is 0 Å². The summed E-state index contributed by atoms with van der Waals surface area (Å²) in [4.78, 5) is 0. The van der Waals surface area contributed by atoms with Gasteiger partial charge in [0.25, 0.3) is 0 Å². The summed E-state index contributed by atoms with van der Waals surface area (Å²) >= 11 is 3.48. The molecule has 94 valence electrons. The molecule has 5 heteroatoms. The largest absolute Gasteiger partial charge is 0.496 e. The Morgan fingerprint density at radius 1 is 1.29 bits per heavy atom. The minimum Gasteiger partial charge on any atom is -0.496 e. The first-order chi connectivity index (χ1) is 8.26. The molecule has 1 aliphatic heterocycles. The van der Waals surface area contributed by atoms with Crippen molar-refractivity contribution >= 4 is 15.9 Å². The predicted octanol–water partition coefficient (Wildman–Crippen LogP) is 2.13. The molecule has 1 saturated heterocycles. The van der Waals surface area contributed by atoms with Crippen LogP contribution in [0.5, 0.6) is 11.5 Å². The van der Waals surface area contributed by atoms with Gasteiger partial charge in [-0.2, -0.15) is 0 Å². The van der Waals surface area contributed by atoms with Crippen LogP contribution in [0.2, 0.25) is 0 Å². The monoisotopic (exact) mass is 301 g/mol. The first kappa shape index (κ1) is 12.7. The lowest BCUT2D eigenvalue weighted by Crippen LogP contribution is -2.33. The zero-order valence-corrected chi connectivity index (χ0v) is 11.5. The average Bonchev–Trinajstić information content (AvgIpc) is 2.39. The Balaban J connectivity index is 2.34. The van der Waals surface area contributed by atoms with Crippen molar-refractivity contribution in [1.82, 2.24) is 5.32 Å². The van der Waals surface area contributed by atoms with Crippen molar-refractivity contribution in [3.05, 3.63) is 22.2 Å². The van der Waals surface area contributed by atoms with E-state index in [1.807, 2.05) is 12.1 Å². The van der Waals surface area contributed by atoms with E-state index in [4.69, 9.17) is 14.2 Å². The van der Waals surface area contributed by atoms with Gasteiger partial charge in [0.2, 0.25) is 0 Å². The third kappa shape index (κ3) is 2.73. The summed E-state index contributed by atoms with van der Waals surface area (Å²) in [7, 11) is 3.29. The summed E-state index contributed by atoms with van der Waals surface area (Å²) in [5.41, 5.74) is 1.03. The standard InChI is InChI=1S/C12H16BrNO3/c1-15-10-6-11(16-2)9(13)5-8(10)12-7-14-3-4-17-12/h5-6,12,14H,3-4,7H2,1-2H3. The lowest BCUT2D eigenvalue weighted by molar-refractivity contribution is 0.0262. The third-order valence-corrected chi connectivity index (χ3v) is 3.40. The van der Waals surface area contributed by atoms with Crippen molar-refractivity contribution in [2.45, 2.75) is 6.10 Å². The number of benzene rings is 1. The van der Waals surface area contributed by atoms with Crippen LogP contribution in [0.3, 0.4) is 0 Å². The van der Waals surface area contributed by atoms with Gasteiger partial charge in [-0.3, -0.25) is 0 Å². The SMILES string of the molecule is COc1cc(OC)c(C2CNCCO2)cc1Br. The van der Waals surface area contributed by atoms with Crippen molar-refractivity contribution in [1.29, 1.82) is 0 Å². The zero-order chi connectivity index (χ0) is 12.3. The van der Waals surface area contributed by atoms with Gasteiger partial charge < -0.3 is 19.5 Å². The summed E-state index contributed by atoms with van der Waals surface area (Å²) in [5, 5.41) is 3.31. The van der Waals surface area contributed by atoms with E-state index in [2.05, 4.69) is 21.2 Å². The van der Waals surface area contributed by atoms with E-state index in [-0.39, 0.29) is 6.10 Å². The van der Waals surface area contributed by atoms with Crippen LogP contribution in [-0.2, 0) is 4.74 Å².